The van der Waals surface area contributed by atoms with Crippen molar-refractivity contribution in [1.82, 2.24) is 15.2 Å². The molecule has 0 saturated heterocycles. The molecule has 13 rings (SSSR count). The van der Waals surface area contributed by atoms with E-state index >= 15 is 0 Å². The number of furan rings is 2. The number of hydrogen-bond acceptors (Lipinski definition) is 5. The zero-order valence-electron chi connectivity index (χ0n) is 34.0. The van der Waals surface area contributed by atoms with Crippen LogP contribution in [0.5, 0.6) is 0 Å². The minimum atomic E-state index is -0.322. The standard InChI is InChI=1S/C57H38N4O2/c1-4-13-35(14-5-1)37-26-30-49-48(31-37)47-21-12-20-42(54(47)61(49)41-17-8-3-9-18-41)38-23-27-45-46-29-25-40(34-53(46)63-51(45)32-38)57-59-55(36-15-6-2-7-16-36)58-56(60-57)39-24-28-44-43-19-10-11-22-50(43)62-52(44)33-39/h1-34,55-56,58H,(H,59,60). The smallest absolute Gasteiger partial charge is 0.136 e. The molecule has 9 aromatic carbocycles. The van der Waals surface area contributed by atoms with Crippen molar-refractivity contribution in [3.63, 3.8) is 0 Å². The van der Waals surface area contributed by atoms with Gasteiger partial charge in [0.1, 0.15) is 40.5 Å². The number of nitrogens with zero attached hydrogens (tertiary/aromatic N) is 2. The van der Waals surface area contributed by atoms with Crippen molar-refractivity contribution in [2.24, 2.45) is 4.99 Å². The molecular formula is C57H38N4O2. The molecule has 2 N–H and O–H groups in total. The van der Waals surface area contributed by atoms with E-state index in [1.807, 2.05) is 24.3 Å². The molecule has 0 amide bonds. The minimum absolute atomic E-state index is 0.178. The summed E-state index contributed by atoms with van der Waals surface area (Å²) in [6.45, 7) is 0. The van der Waals surface area contributed by atoms with Gasteiger partial charge < -0.3 is 18.7 Å². The summed E-state index contributed by atoms with van der Waals surface area (Å²) < 4.78 is 15.5. The fourth-order valence-electron chi connectivity index (χ4n) is 9.66. The van der Waals surface area contributed by atoms with E-state index in [-0.39, 0.29) is 12.3 Å². The van der Waals surface area contributed by atoms with Crippen molar-refractivity contribution < 1.29 is 8.83 Å². The maximum absolute atomic E-state index is 6.78. The minimum Gasteiger partial charge on any atom is -0.456 e. The number of fused-ring (bicyclic) bond motifs is 9. The maximum atomic E-state index is 6.78. The lowest BCUT2D eigenvalue weighted by atomic mass is 9.99. The van der Waals surface area contributed by atoms with Crippen LogP contribution in [0.4, 0.5) is 0 Å². The van der Waals surface area contributed by atoms with E-state index in [4.69, 9.17) is 13.8 Å². The zero-order chi connectivity index (χ0) is 41.4. The highest BCUT2D eigenvalue weighted by atomic mass is 16.3. The van der Waals surface area contributed by atoms with Gasteiger partial charge in [0.25, 0.3) is 0 Å². The fraction of sp³-hybridized carbons (Fsp3) is 0.0351. The number of rotatable bonds is 6. The Morgan fingerprint density at radius 1 is 0.413 bits per heavy atom. The maximum Gasteiger partial charge on any atom is 0.136 e. The predicted octanol–water partition coefficient (Wildman–Crippen LogP) is 14.3. The van der Waals surface area contributed by atoms with E-state index in [1.165, 1.54) is 32.9 Å². The van der Waals surface area contributed by atoms with E-state index in [2.05, 4.69) is 197 Å². The molecule has 1 aliphatic rings. The summed E-state index contributed by atoms with van der Waals surface area (Å²) in [5.74, 6) is 0.788. The molecule has 6 nitrogen and oxygen atoms in total. The Kier molecular flexibility index (Phi) is 8.01. The number of amidine groups is 1. The molecule has 4 heterocycles. The first-order chi connectivity index (χ1) is 31.2. The molecule has 63 heavy (non-hydrogen) atoms. The van der Waals surface area contributed by atoms with Gasteiger partial charge in [0.15, 0.2) is 0 Å². The number of para-hydroxylation sites is 3. The quantitative estimate of drug-likeness (QED) is 0.176. The van der Waals surface area contributed by atoms with Crippen LogP contribution in [0.1, 0.15) is 29.0 Å². The lowest BCUT2D eigenvalue weighted by Crippen LogP contribution is -2.44. The van der Waals surface area contributed by atoms with Crippen LogP contribution in [0.25, 0.3) is 93.6 Å². The molecule has 1 aliphatic heterocycles. The van der Waals surface area contributed by atoms with Crippen molar-refractivity contribution in [2.75, 3.05) is 0 Å². The molecule has 2 unspecified atom stereocenters. The average molecular weight is 811 g/mol. The van der Waals surface area contributed by atoms with Gasteiger partial charge in [0, 0.05) is 49.1 Å². The Labute approximate surface area is 362 Å². The van der Waals surface area contributed by atoms with Gasteiger partial charge in [-0.05, 0) is 88.5 Å². The normalized spacial score (nSPS) is 15.5. The zero-order valence-corrected chi connectivity index (χ0v) is 34.0. The van der Waals surface area contributed by atoms with E-state index in [9.17, 15) is 0 Å². The Morgan fingerprint density at radius 3 is 1.84 bits per heavy atom. The van der Waals surface area contributed by atoms with Crippen LogP contribution in [-0.2, 0) is 0 Å². The number of nitrogens with one attached hydrogen (secondary N) is 2. The summed E-state index contributed by atoms with van der Waals surface area (Å²) in [5, 5.41) is 14.2. The van der Waals surface area contributed by atoms with Gasteiger partial charge in [0.05, 0.1) is 11.0 Å². The highest BCUT2D eigenvalue weighted by Gasteiger charge is 2.27. The van der Waals surface area contributed by atoms with Crippen molar-refractivity contribution in [2.45, 2.75) is 12.3 Å². The van der Waals surface area contributed by atoms with Crippen molar-refractivity contribution in [1.29, 1.82) is 0 Å². The second-order valence-corrected chi connectivity index (χ2v) is 16.4. The summed E-state index contributed by atoms with van der Waals surface area (Å²) in [6, 6.07) is 72.8. The van der Waals surface area contributed by atoms with Crippen LogP contribution in [0.2, 0.25) is 0 Å². The molecule has 0 spiro atoms. The van der Waals surface area contributed by atoms with Crippen LogP contribution in [0, 0.1) is 0 Å². The number of benzene rings is 9. The molecule has 298 valence electrons. The fourth-order valence-corrected chi connectivity index (χ4v) is 9.66. The number of hydrogen-bond donors (Lipinski definition) is 2. The highest BCUT2D eigenvalue weighted by molar-refractivity contribution is 6.16. The van der Waals surface area contributed by atoms with Gasteiger partial charge >= 0.3 is 0 Å². The summed E-state index contributed by atoms with van der Waals surface area (Å²) >= 11 is 0. The average Bonchev–Trinajstić information content (AvgIpc) is 4.03. The second kappa shape index (κ2) is 14.2. The van der Waals surface area contributed by atoms with E-state index in [1.54, 1.807) is 0 Å². The number of aromatic nitrogens is 1. The Balaban J connectivity index is 0.917. The lowest BCUT2D eigenvalue weighted by molar-refractivity contribution is 0.409. The summed E-state index contributed by atoms with van der Waals surface area (Å²) in [5.41, 5.74) is 14.6. The lowest BCUT2D eigenvalue weighted by Gasteiger charge is -2.32. The third kappa shape index (κ3) is 5.87. The molecular weight excluding hydrogens is 773 g/mol. The van der Waals surface area contributed by atoms with Crippen LogP contribution < -0.4 is 10.6 Å². The monoisotopic (exact) mass is 810 g/mol. The van der Waals surface area contributed by atoms with E-state index in [0.717, 1.165) is 83.2 Å². The highest BCUT2D eigenvalue weighted by Crippen LogP contribution is 2.42. The first-order valence-corrected chi connectivity index (χ1v) is 21.4. The van der Waals surface area contributed by atoms with Crippen LogP contribution in [0.15, 0.2) is 220 Å². The van der Waals surface area contributed by atoms with Crippen LogP contribution in [0.3, 0.4) is 0 Å². The molecule has 6 heteroatoms. The third-order valence-electron chi connectivity index (χ3n) is 12.7. The molecule has 3 aromatic heterocycles. The third-order valence-corrected chi connectivity index (χ3v) is 12.7. The Morgan fingerprint density at radius 2 is 1.03 bits per heavy atom. The predicted molar refractivity (Wildman–Crippen MR) is 257 cm³/mol. The molecule has 0 fully saturated rings. The molecule has 0 saturated carbocycles. The van der Waals surface area contributed by atoms with E-state index in [0.29, 0.717) is 0 Å². The van der Waals surface area contributed by atoms with Crippen LogP contribution in [-0.4, -0.2) is 10.4 Å². The summed E-state index contributed by atoms with van der Waals surface area (Å²) in [6.07, 6.45) is -0.500. The van der Waals surface area contributed by atoms with Crippen molar-refractivity contribution in [3.8, 4) is 27.9 Å². The van der Waals surface area contributed by atoms with Gasteiger partial charge in [-0.25, -0.2) is 4.99 Å². The molecule has 0 bridgehead atoms. The topological polar surface area (TPSA) is 67.6 Å². The van der Waals surface area contributed by atoms with Gasteiger partial charge in [-0.2, -0.15) is 0 Å². The van der Waals surface area contributed by atoms with Crippen molar-refractivity contribution in [3.05, 3.63) is 223 Å². The SMILES string of the molecule is c1ccc(-c2ccc3c(c2)c2cccc(-c4ccc5c(c4)oc4cc(C6=NC(c7ccc8c(c7)oc7ccccc78)NC(c7ccccc7)N6)ccc45)c2n3-c2ccccc2)cc1. The summed E-state index contributed by atoms with van der Waals surface area (Å²) in [4.78, 5) is 5.28. The molecule has 0 aliphatic carbocycles. The molecule has 2 atom stereocenters. The second-order valence-electron chi connectivity index (χ2n) is 16.4. The van der Waals surface area contributed by atoms with Crippen LogP contribution >= 0.6 is 0 Å². The van der Waals surface area contributed by atoms with Gasteiger partial charge in [-0.3, -0.25) is 5.32 Å². The van der Waals surface area contributed by atoms with Crippen molar-refractivity contribution >= 4 is 71.5 Å². The first-order valence-electron chi connectivity index (χ1n) is 21.4. The Hall–Kier alpha value is -8.19. The molecule has 0 radical (unpaired) electrons. The first kappa shape index (κ1) is 35.6. The summed E-state index contributed by atoms with van der Waals surface area (Å²) in [7, 11) is 0. The van der Waals surface area contributed by atoms with E-state index < -0.39 is 0 Å². The Bertz CT molecular complexity index is 3750. The van der Waals surface area contributed by atoms with Gasteiger partial charge in [-0.15, -0.1) is 0 Å². The number of aliphatic imine (C=N–C) groups is 1. The van der Waals surface area contributed by atoms with Gasteiger partial charge in [0.2, 0.25) is 0 Å². The largest absolute Gasteiger partial charge is 0.456 e. The van der Waals surface area contributed by atoms with Gasteiger partial charge in [-0.1, -0.05) is 146 Å². The molecule has 12 aromatic rings.